The van der Waals surface area contributed by atoms with Crippen molar-refractivity contribution in [1.82, 2.24) is 20.0 Å². The highest BCUT2D eigenvalue weighted by Crippen LogP contribution is 2.08. The van der Waals surface area contributed by atoms with E-state index in [-0.39, 0.29) is 0 Å². The lowest BCUT2D eigenvalue weighted by Crippen LogP contribution is -2.32. The van der Waals surface area contributed by atoms with Crippen LogP contribution in [0.15, 0.2) is 12.3 Å². The predicted molar refractivity (Wildman–Crippen MR) is 69.8 cm³/mol. The van der Waals surface area contributed by atoms with Crippen LogP contribution in [0.1, 0.15) is 31.4 Å². The van der Waals surface area contributed by atoms with Gasteiger partial charge in [0.2, 0.25) is 0 Å². The summed E-state index contributed by atoms with van der Waals surface area (Å²) in [6, 6.07) is 2.07. The number of rotatable bonds is 6. The molecule has 0 unspecified atom stereocenters. The van der Waals surface area contributed by atoms with Crippen molar-refractivity contribution in [2.75, 3.05) is 26.2 Å². The van der Waals surface area contributed by atoms with Crippen LogP contribution in [0.25, 0.3) is 0 Å². The van der Waals surface area contributed by atoms with Gasteiger partial charge in [-0.15, -0.1) is 0 Å². The van der Waals surface area contributed by atoms with Gasteiger partial charge in [0.25, 0.3) is 0 Å². The van der Waals surface area contributed by atoms with Crippen LogP contribution in [0.3, 0.4) is 0 Å². The van der Waals surface area contributed by atoms with Crippen molar-refractivity contribution in [3.63, 3.8) is 0 Å². The number of likely N-dealkylation sites (tertiary alicyclic amines) is 1. The Kier molecular flexibility index (Phi) is 5.01. The second-order valence-electron chi connectivity index (χ2n) is 4.88. The number of nitrogens with one attached hydrogen (secondary N) is 1. The Hall–Kier alpha value is -0.870. The fraction of sp³-hybridized carbons (Fsp3) is 0.769. The summed E-state index contributed by atoms with van der Waals surface area (Å²) in [4.78, 5) is 2.59. The molecule has 0 radical (unpaired) electrons. The molecule has 2 heterocycles. The number of nitrogens with zero attached hydrogens (tertiary/aromatic N) is 3. The zero-order valence-corrected chi connectivity index (χ0v) is 10.9. The number of hydrogen-bond donors (Lipinski definition) is 1. The van der Waals surface area contributed by atoms with Crippen LogP contribution in [0.4, 0.5) is 0 Å². The molecule has 0 aliphatic carbocycles. The molecule has 1 aliphatic rings. The SMILES string of the molecule is Cn1nccc1CNCCCN1CCCCC1. The van der Waals surface area contributed by atoms with E-state index in [2.05, 4.69) is 21.4 Å². The van der Waals surface area contributed by atoms with E-state index in [1.165, 1.54) is 51.0 Å². The number of aryl methyl sites for hydroxylation is 1. The van der Waals surface area contributed by atoms with E-state index < -0.39 is 0 Å². The summed E-state index contributed by atoms with van der Waals surface area (Å²) < 4.78 is 1.93. The summed E-state index contributed by atoms with van der Waals surface area (Å²) in [6.07, 6.45) is 7.31. The molecule has 0 aromatic carbocycles. The zero-order chi connectivity index (χ0) is 11.9. The van der Waals surface area contributed by atoms with Gasteiger partial charge in [-0.05, 0) is 51.5 Å². The normalized spacial score (nSPS) is 17.5. The molecule has 0 saturated carbocycles. The summed E-state index contributed by atoms with van der Waals surface area (Å²) in [5.41, 5.74) is 1.25. The summed E-state index contributed by atoms with van der Waals surface area (Å²) in [5, 5.41) is 7.64. The molecule has 0 spiro atoms. The van der Waals surface area contributed by atoms with Crippen molar-refractivity contribution in [1.29, 1.82) is 0 Å². The number of piperidine rings is 1. The molecule has 0 amide bonds. The third-order valence-electron chi connectivity index (χ3n) is 3.51. The van der Waals surface area contributed by atoms with Gasteiger partial charge in [-0.2, -0.15) is 5.10 Å². The minimum atomic E-state index is 0.927. The minimum Gasteiger partial charge on any atom is -0.311 e. The monoisotopic (exact) mass is 236 g/mol. The second kappa shape index (κ2) is 6.77. The molecule has 2 rings (SSSR count). The number of hydrogen-bond acceptors (Lipinski definition) is 3. The Morgan fingerprint density at radius 1 is 1.29 bits per heavy atom. The molecule has 1 aliphatic heterocycles. The maximum Gasteiger partial charge on any atom is 0.0518 e. The van der Waals surface area contributed by atoms with E-state index in [9.17, 15) is 0 Å². The highest BCUT2D eigenvalue weighted by atomic mass is 15.3. The van der Waals surface area contributed by atoms with Gasteiger partial charge in [0.05, 0.1) is 5.69 Å². The molecule has 0 atom stereocenters. The number of aromatic nitrogens is 2. The Bertz CT molecular complexity index is 315. The third kappa shape index (κ3) is 4.13. The van der Waals surface area contributed by atoms with E-state index in [1.54, 1.807) is 0 Å². The lowest BCUT2D eigenvalue weighted by Gasteiger charge is -2.26. The van der Waals surface area contributed by atoms with E-state index in [0.717, 1.165) is 13.1 Å². The van der Waals surface area contributed by atoms with Crippen molar-refractivity contribution >= 4 is 0 Å². The molecule has 4 nitrogen and oxygen atoms in total. The Labute approximate surface area is 104 Å². The highest BCUT2D eigenvalue weighted by Gasteiger charge is 2.08. The van der Waals surface area contributed by atoms with Crippen molar-refractivity contribution in [3.05, 3.63) is 18.0 Å². The van der Waals surface area contributed by atoms with Crippen LogP contribution in [0, 0.1) is 0 Å². The topological polar surface area (TPSA) is 33.1 Å². The fourth-order valence-electron chi connectivity index (χ4n) is 2.40. The van der Waals surface area contributed by atoms with Gasteiger partial charge in [-0.3, -0.25) is 4.68 Å². The van der Waals surface area contributed by atoms with E-state index >= 15 is 0 Å². The van der Waals surface area contributed by atoms with Gasteiger partial charge >= 0.3 is 0 Å². The largest absolute Gasteiger partial charge is 0.311 e. The standard InChI is InChI=1S/C13H24N4/c1-16-13(6-8-15-16)12-14-7-5-11-17-9-3-2-4-10-17/h6,8,14H,2-5,7,9-12H2,1H3. The maximum atomic E-state index is 4.16. The second-order valence-corrected chi connectivity index (χ2v) is 4.88. The van der Waals surface area contributed by atoms with Crippen LogP contribution in [-0.2, 0) is 13.6 Å². The first-order valence-electron chi connectivity index (χ1n) is 6.76. The van der Waals surface area contributed by atoms with Crippen molar-refractivity contribution < 1.29 is 0 Å². The van der Waals surface area contributed by atoms with Gasteiger partial charge in [0.1, 0.15) is 0 Å². The molecule has 0 bridgehead atoms. The molecule has 17 heavy (non-hydrogen) atoms. The van der Waals surface area contributed by atoms with Crippen LogP contribution < -0.4 is 5.32 Å². The van der Waals surface area contributed by atoms with Gasteiger partial charge in [0.15, 0.2) is 0 Å². The van der Waals surface area contributed by atoms with Crippen molar-refractivity contribution in [2.24, 2.45) is 7.05 Å². The van der Waals surface area contributed by atoms with E-state index in [0.29, 0.717) is 0 Å². The lowest BCUT2D eigenvalue weighted by molar-refractivity contribution is 0.225. The predicted octanol–water partition coefficient (Wildman–Crippen LogP) is 1.39. The fourth-order valence-corrected chi connectivity index (χ4v) is 2.40. The Morgan fingerprint density at radius 3 is 2.82 bits per heavy atom. The van der Waals surface area contributed by atoms with Gasteiger partial charge in [-0.1, -0.05) is 6.42 Å². The first-order valence-corrected chi connectivity index (χ1v) is 6.76. The van der Waals surface area contributed by atoms with Gasteiger partial charge < -0.3 is 10.2 Å². The van der Waals surface area contributed by atoms with Crippen LogP contribution >= 0.6 is 0 Å². The Morgan fingerprint density at radius 2 is 2.12 bits per heavy atom. The average molecular weight is 236 g/mol. The maximum absolute atomic E-state index is 4.16. The first-order chi connectivity index (χ1) is 8.36. The molecule has 1 aromatic rings. The highest BCUT2D eigenvalue weighted by molar-refractivity contribution is 4.98. The molecule has 96 valence electrons. The quantitative estimate of drug-likeness (QED) is 0.758. The van der Waals surface area contributed by atoms with Gasteiger partial charge in [0, 0.05) is 19.8 Å². The van der Waals surface area contributed by atoms with Crippen LogP contribution in [0.5, 0.6) is 0 Å². The van der Waals surface area contributed by atoms with Crippen molar-refractivity contribution in [2.45, 2.75) is 32.2 Å². The summed E-state index contributed by atoms with van der Waals surface area (Å²) in [7, 11) is 1.99. The molecule has 4 heteroatoms. The first kappa shape index (κ1) is 12.6. The van der Waals surface area contributed by atoms with Gasteiger partial charge in [-0.25, -0.2) is 0 Å². The average Bonchev–Trinajstić information content (AvgIpc) is 2.76. The molecular weight excluding hydrogens is 212 g/mol. The summed E-state index contributed by atoms with van der Waals surface area (Å²) >= 11 is 0. The zero-order valence-electron chi connectivity index (χ0n) is 10.9. The van der Waals surface area contributed by atoms with Crippen molar-refractivity contribution in [3.8, 4) is 0 Å². The molecule has 1 saturated heterocycles. The summed E-state index contributed by atoms with van der Waals surface area (Å²) in [5.74, 6) is 0. The van der Waals surface area contributed by atoms with Crippen LogP contribution in [-0.4, -0.2) is 40.9 Å². The molecule has 1 N–H and O–H groups in total. The van der Waals surface area contributed by atoms with Crippen LogP contribution in [0.2, 0.25) is 0 Å². The lowest BCUT2D eigenvalue weighted by atomic mass is 10.1. The smallest absolute Gasteiger partial charge is 0.0518 e. The molecule has 1 aromatic heterocycles. The minimum absolute atomic E-state index is 0.927. The third-order valence-corrected chi connectivity index (χ3v) is 3.51. The Balaban J connectivity index is 1.53. The van der Waals surface area contributed by atoms with E-state index in [4.69, 9.17) is 0 Å². The molecular formula is C13H24N4. The summed E-state index contributed by atoms with van der Waals surface area (Å²) in [6.45, 7) is 5.89. The molecule has 1 fully saturated rings. The van der Waals surface area contributed by atoms with E-state index in [1.807, 2.05) is 17.9 Å².